The zero-order valence-electron chi connectivity index (χ0n) is 15.3. The van der Waals surface area contributed by atoms with E-state index in [1.54, 1.807) is 38.4 Å². The number of hydrogen-bond acceptors (Lipinski definition) is 4. The highest BCUT2D eigenvalue weighted by atomic mass is 35.5. The maximum absolute atomic E-state index is 13.3. The van der Waals surface area contributed by atoms with Crippen LogP contribution in [0.25, 0.3) is 10.9 Å². The van der Waals surface area contributed by atoms with E-state index >= 15 is 0 Å². The number of aromatic nitrogens is 1. The Morgan fingerprint density at radius 1 is 1.21 bits per heavy atom. The molecule has 0 radical (unpaired) electrons. The summed E-state index contributed by atoms with van der Waals surface area (Å²) in [6.45, 7) is 1.72. The lowest BCUT2D eigenvalue weighted by atomic mass is 10.0. The highest BCUT2D eigenvalue weighted by Crippen LogP contribution is 2.23. The molecule has 2 aromatic carbocycles. The monoisotopic (exact) mass is 396 g/mol. The first kappa shape index (κ1) is 19.5. The fourth-order valence-electron chi connectivity index (χ4n) is 2.78. The molecule has 1 amide bonds. The molecule has 7 heteroatoms. The van der Waals surface area contributed by atoms with Crippen molar-refractivity contribution in [2.75, 3.05) is 7.05 Å². The minimum Gasteiger partial charge on any atom is -0.375 e. The lowest BCUT2D eigenvalue weighted by molar-refractivity contribution is 0.0964. The van der Waals surface area contributed by atoms with Gasteiger partial charge in [0.25, 0.3) is 5.91 Å². The number of rotatable bonds is 5. The molecule has 142 valence electrons. The quantitative estimate of drug-likeness (QED) is 0.566. The molecule has 5 nitrogen and oxygen atoms in total. The molecule has 0 aliphatic carbocycles. The molecule has 1 heterocycles. The van der Waals surface area contributed by atoms with Crippen LogP contribution in [0, 0.1) is 18.2 Å². The molecule has 0 saturated heterocycles. The van der Waals surface area contributed by atoms with E-state index in [0.717, 1.165) is 5.39 Å². The summed E-state index contributed by atoms with van der Waals surface area (Å²) in [4.78, 5) is 16.9. The average molecular weight is 397 g/mol. The molecule has 0 unspecified atom stereocenters. The SMILES string of the molecule is CN/C(=C\C(=N)c1ccc(F)cc1C)NC(=O)c1cc2ncccc2cc1Cl. The molecule has 3 aromatic rings. The van der Waals surface area contributed by atoms with Gasteiger partial charge in [-0.25, -0.2) is 4.39 Å². The predicted octanol–water partition coefficient (Wildman–Crippen LogP) is 4.19. The Hall–Kier alpha value is -3.25. The molecule has 28 heavy (non-hydrogen) atoms. The number of amides is 1. The minimum absolute atomic E-state index is 0.133. The number of fused-ring (bicyclic) bond motifs is 1. The smallest absolute Gasteiger partial charge is 0.258 e. The summed E-state index contributed by atoms with van der Waals surface area (Å²) in [5.41, 5.74) is 2.26. The highest BCUT2D eigenvalue weighted by molar-refractivity contribution is 6.34. The lowest BCUT2D eigenvalue weighted by Gasteiger charge is -2.12. The first-order chi connectivity index (χ1) is 13.4. The van der Waals surface area contributed by atoms with Gasteiger partial charge in [0.1, 0.15) is 11.6 Å². The van der Waals surface area contributed by atoms with Crippen LogP contribution in [-0.4, -0.2) is 23.7 Å². The molecule has 1 aromatic heterocycles. The van der Waals surface area contributed by atoms with Crippen molar-refractivity contribution in [2.45, 2.75) is 6.92 Å². The Morgan fingerprint density at radius 3 is 2.71 bits per heavy atom. The normalized spacial score (nSPS) is 11.4. The first-order valence-electron chi connectivity index (χ1n) is 8.49. The largest absolute Gasteiger partial charge is 0.375 e. The van der Waals surface area contributed by atoms with Gasteiger partial charge in [-0.2, -0.15) is 0 Å². The second-order valence-corrected chi connectivity index (χ2v) is 6.57. The van der Waals surface area contributed by atoms with Crippen LogP contribution in [0.1, 0.15) is 21.5 Å². The van der Waals surface area contributed by atoms with E-state index in [9.17, 15) is 9.18 Å². The number of halogens is 2. The molecule has 0 bridgehead atoms. The number of benzene rings is 2. The molecule has 0 aliphatic rings. The van der Waals surface area contributed by atoms with Crippen molar-refractivity contribution in [3.8, 4) is 0 Å². The number of hydrogen-bond donors (Lipinski definition) is 3. The van der Waals surface area contributed by atoms with Crippen molar-refractivity contribution in [1.82, 2.24) is 15.6 Å². The van der Waals surface area contributed by atoms with Crippen LogP contribution in [0.3, 0.4) is 0 Å². The predicted molar refractivity (Wildman–Crippen MR) is 109 cm³/mol. The van der Waals surface area contributed by atoms with E-state index in [1.807, 2.05) is 6.07 Å². The number of aryl methyl sites for hydroxylation is 1. The zero-order valence-corrected chi connectivity index (χ0v) is 16.1. The van der Waals surface area contributed by atoms with Gasteiger partial charge >= 0.3 is 0 Å². The van der Waals surface area contributed by atoms with Gasteiger partial charge in [0.05, 0.1) is 21.8 Å². The van der Waals surface area contributed by atoms with Crippen molar-refractivity contribution in [3.05, 3.63) is 88.1 Å². The number of nitrogens with one attached hydrogen (secondary N) is 3. The Bertz CT molecular complexity index is 1110. The van der Waals surface area contributed by atoms with Gasteiger partial charge in [-0.05, 0) is 48.9 Å². The summed E-state index contributed by atoms with van der Waals surface area (Å²) in [7, 11) is 1.63. The molecular formula is C21H18ClFN4O. The van der Waals surface area contributed by atoms with E-state index in [-0.39, 0.29) is 17.1 Å². The Balaban J connectivity index is 1.86. The van der Waals surface area contributed by atoms with Crippen molar-refractivity contribution < 1.29 is 9.18 Å². The van der Waals surface area contributed by atoms with Crippen molar-refractivity contribution >= 4 is 34.1 Å². The number of allylic oxidation sites excluding steroid dienone is 1. The van der Waals surface area contributed by atoms with Crippen molar-refractivity contribution in [3.63, 3.8) is 0 Å². The van der Waals surface area contributed by atoms with Crippen LogP contribution in [0.2, 0.25) is 5.02 Å². The molecule has 0 spiro atoms. The fourth-order valence-corrected chi connectivity index (χ4v) is 3.04. The minimum atomic E-state index is -0.429. The van der Waals surface area contributed by atoms with E-state index in [0.29, 0.717) is 27.5 Å². The Labute approximate surface area is 166 Å². The van der Waals surface area contributed by atoms with Crippen molar-refractivity contribution in [1.29, 1.82) is 5.41 Å². The third-order valence-electron chi connectivity index (χ3n) is 4.22. The van der Waals surface area contributed by atoms with Gasteiger partial charge in [-0.1, -0.05) is 17.7 Å². The number of pyridine rings is 1. The Morgan fingerprint density at radius 2 is 2.00 bits per heavy atom. The van der Waals surface area contributed by atoms with Crippen LogP contribution >= 0.6 is 11.6 Å². The van der Waals surface area contributed by atoms with Crippen LogP contribution < -0.4 is 10.6 Å². The molecule has 0 aliphatic heterocycles. The lowest BCUT2D eigenvalue weighted by Crippen LogP contribution is -2.30. The maximum Gasteiger partial charge on any atom is 0.258 e. The van der Waals surface area contributed by atoms with Crippen LogP contribution in [0.5, 0.6) is 0 Å². The summed E-state index contributed by atoms with van der Waals surface area (Å²) in [5.74, 6) is -0.475. The van der Waals surface area contributed by atoms with Gasteiger partial charge in [-0.15, -0.1) is 0 Å². The molecule has 3 N–H and O–H groups in total. The van der Waals surface area contributed by atoms with Gasteiger partial charge in [0.2, 0.25) is 0 Å². The van der Waals surface area contributed by atoms with Gasteiger partial charge < -0.3 is 16.0 Å². The second kappa shape index (κ2) is 8.19. The standard InChI is InChI=1S/C21H18ClFN4O/c1-12-8-14(23)5-6-15(12)18(24)11-20(25-2)27-21(28)16-10-19-13(9-17(16)22)4-3-7-26-19/h3-11,24-25H,1-2H3,(H,27,28)/b20-11+,24-18?. The summed E-state index contributed by atoms with van der Waals surface area (Å²) in [5, 5.41) is 14.9. The van der Waals surface area contributed by atoms with E-state index < -0.39 is 5.91 Å². The third kappa shape index (κ3) is 4.18. The second-order valence-electron chi connectivity index (χ2n) is 6.16. The Kier molecular flexibility index (Phi) is 5.70. The summed E-state index contributed by atoms with van der Waals surface area (Å²) in [6.07, 6.45) is 3.11. The zero-order chi connectivity index (χ0) is 20.3. The molecule has 3 rings (SSSR count). The maximum atomic E-state index is 13.3. The highest BCUT2D eigenvalue weighted by Gasteiger charge is 2.14. The first-order valence-corrected chi connectivity index (χ1v) is 8.87. The molecule has 0 atom stereocenters. The summed E-state index contributed by atoms with van der Waals surface area (Å²) >= 11 is 6.26. The molecule has 0 saturated carbocycles. The third-order valence-corrected chi connectivity index (χ3v) is 4.53. The number of carbonyl (C=O) groups is 1. The van der Waals surface area contributed by atoms with Gasteiger partial charge in [0, 0.05) is 30.3 Å². The van der Waals surface area contributed by atoms with E-state index in [2.05, 4.69) is 15.6 Å². The van der Waals surface area contributed by atoms with Gasteiger partial charge in [-0.3, -0.25) is 9.78 Å². The van der Waals surface area contributed by atoms with Crippen molar-refractivity contribution in [2.24, 2.45) is 0 Å². The van der Waals surface area contributed by atoms with E-state index in [1.165, 1.54) is 24.3 Å². The summed E-state index contributed by atoms with van der Waals surface area (Å²) in [6, 6.07) is 11.2. The topological polar surface area (TPSA) is 77.9 Å². The van der Waals surface area contributed by atoms with Crippen LogP contribution in [0.4, 0.5) is 4.39 Å². The fraction of sp³-hybridized carbons (Fsp3) is 0.0952. The summed E-state index contributed by atoms with van der Waals surface area (Å²) < 4.78 is 13.3. The molecule has 0 fully saturated rings. The van der Waals surface area contributed by atoms with Crippen LogP contribution in [0.15, 0.2) is 60.6 Å². The van der Waals surface area contributed by atoms with Gasteiger partial charge in [0.15, 0.2) is 0 Å². The molecular weight excluding hydrogens is 379 g/mol. The van der Waals surface area contributed by atoms with Crippen LogP contribution in [-0.2, 0) is 0 Å². The number of nitrogens with zero attached hydrogens (tertiary/aromatic N) is 1. The van der Waals surface area contributed by atoms with E-state index in [4.69, 9.17) is 17.0 Å². The number of carbonyl (C=O) groups excluding carboxylic acids is 1. The average Bonchev–Trinajstić information content (AvgIpc) is 2.66.